The van der Waals surface area contributed by atoms with Crippen molar-refractivity contribution >= 4 is 0 Å². The quantitative estimate of drug-likeness (QED) is 0.878. The lowest BCUT2D eigenvalue weighted by atomic mass is 10.0. The Hall–Kier alpha value is -2.01. The third-order valence-electron chi connectivity index (χ3n) is 3.32. The lowest BCUT2D eigenvalue weighted by molar-refractivity contribution is 0.165. The van der Waals surface area contributed by atoms with Gasteiger partial charge in [0.15, 0.2) is 0 Å². The smallest absolute Gasteiger partial charge is 0.128 e. The van der Waals surface area contributed by atoms with E-state index in [9.17, 15) is 5.11 Å². The number of nitrogens with zero attached hydrogens (tertiary/aromatic N) is 2. The molecule has 2 aromatic rings. The molecule has 1 aromatic carbocycles. The number of imidazole rings is 1. The number of hydrogen-bond acceptors (Lipinski definition) is 4. The number of aliphatic hydroxyl groups excluding tert-OH is 1. The SMILES string of the molecule is CCn1ccnc1CC(O)c1c(OC)cccc1OC. The first-order chi connectivity index (χ1) is 9.71. The van der Waals surface area contributed by atoms with Crippen molar-refractivity contribution < 1.29 is 14.6 Å². The van der Waals surface area contributed by atoms with Crippen molar-refractivity contribution in [3.8, 4) is 11.5 Å². The molecule has 0 spiro atoms. The van der Waals surface area contributed by atoms with Crippen LogP contribution >= 0.6 is 0 Å². The molecule has 0 radical (unpaired) electrons. The molecule has 0 amide bonds. The summed E-state index contributed by atoms with van der Waals surface area (Å²) in [6, 6.07) is 5.46. The van der Waals surface area contributed by atoms with Gasteiger partial charge in [0.1, 0.15) is 17.3 Å². The first-order valence-corrected chi connectivity index (χ1v) is 6.60. The van der Waals surface area contributed by atoms with E-state index in [0.717, 1.165) is 12.4 Å². The maximum Gasteiger partial charge on any atom is 0.128 e. The second kappa shape index (κ2) is 6.43. The highest BCUT2D eigenvalue weighted by molar-refractivity contribution is 5.46. The molecule has 0 aliphatic heterocycles. The standard InChI is InChI=1S/C15H20N2O3/c1-4-17-9-8-16-14(17)10-11(18)15-12(19-2)6-5-7-13(15)20-3/h5-9,11,18H,4,10H2,1-3H3. The molecule has 5 heteroatoms. The van der Waals surface area contributed by atoms with Crippen molar-refractivity contribution in [2.75, 3.05) is 14.2 Å². The largest absolute Gasteiger partial charge is 0.496 e. The maximum absolute atomic E-state index is 10.5. The highest BCUT2D eigenvalue weighted by Gasteiger charge is 2.20. The monoisotopic (exact) mass is 276 g/mol. The zero-order valence-corrected chi connectivity index (χ0v) is 12.0. The average molecular weight is 276 g/mol. The van der Waals surface area contributed by atoms with Gasteiger partial charge in [0, 0.05) is 25.4 Å². The molecule has 0 saturated carbocycles. The number of ether oxygens (including phenoxy) is 2. The molecule has 1 atom stereocenters. The lowest BCUT2D eigenvalue weighted by Crippen LogP contribution is -2.10. The van der Waals surface area contributed by atoms with E-state index < -0.39 is 6.10 Å². The van der Waals surface area contributed by atoms with E-state index in [1.165, 1.54) is 0 Å². The molecule has 0 bridgehead atoms. The topological polar surface area (TPSA) is 56.5 Å². The van der Waals surface area contributed by atoms with E-state index in [1.54, 1.807) is 20.4 Å². The van der Waals surface area contributed by atoms with Crippen LogP contribution in [0, 0.1) is 0 Å². The van der Waals surface area contributed by atoms with Crippen molar-refractivity contribution in [2.24, 2.45) is 0 Å². The molecule has 0 aliphatic carbocycles. The summed E-state index contributed by atoms with van der Waals surface area (Å²) in [6.45, 7) is 2.87. The van der Waals surface area contributed by atoms with Crippen LogP contribution in [0.1, 0.15) is 24.4 Å². The van der Waals surface area contributed by atoms with Crippen LogP contribution < -0.4 is 9.47 Å². The summed E-state index contributed by atoms with van der Waals surface area (Å²) < 4.78 is 12.6. The highest BCUT2D eigenvalue weighted by Crippen LogP contribution is 2.35. The molecule has 1 heterocycles. The lowest BCUT2D eigenvalue weighted by Gasteiger charge is -2.18. The summed E-state index contributed by atoms with van der Waals surface area (Å²) in [7, 11) is 3.16. The predicted molar refractivity (Wildman–Crippen MR) is 76.1 cm³/mol. The van der Waals surface area contributed by atoms with Crippen molar-refractivity contribution in [1.29, 1.82) is 0 Å². The van der Waals surface area contributed by atoms with Crippen molar-refractivity contribution in [1.82, 2.24) is 9.55 Å². The molecule has 108 valence electrons. The molecular weight excluding hydrogens is 256 g/mol. The van der Waals surface area contributed by atoms with E-state index >= 15 is 0 Å². The van der Waals surface area contributed by atoms with Gasteiger partial charge in [-0.1, -0.05) is 6.07 Å². The Morgan fingerprint density at radius 3 is 2.45 bits per heavy atom. The second-order valence-electron chi connectivity index (χ2n) is 4.43. The summed E-state index contributed by atoms with van der Waals surface area (Å²) in [5, 5.41) is 10.5. The van der Waals surface area contributed by atoms with Crippen LogP contribution in [0.25, 0.3) is 0 Å². The molecule has 5 nitrogen and oxygen atoms in total. The summed E-state index contributed by atoms with van der Waals surface area (Å²) >= 11 is 0. The molecule has 2 rings (SSSR count). The minimum absolute atomic E-state index is 0.414. The number of aryl methyl sites for hydroxylation is 1. The van der Waals surface area contributed by atoms with E-state index in [-0.39, 0.29) is 0 Å². The van der Waals surface area contributed by atoms with Gasteiger partial charge in [0.2, 0.25) is 0 Å². The van der Waals surface area contributed by atoms with E-state index in [2.05, 4.69) is 4.98 Å². The van der Waals surface area contributed by atoms with Crippen LogP contribution in [-0.2, 0) is 13.0 Å². The molecule has 20 heavy (non-hydrogen) atoms. The van der Waals surface area contributed by atoms with Gasteiger partial charge >= 0.3 is 0 Å². The van der Waals surface area contributed by atoms with Gasteiger partial charge < -0.3 is 19.1 Å². The average Bonchev–Trinajstić information content (AvgIpc) is 2.93. The minimum Gasteiger partial charge on any atom is -0.496 e. The van der Waals surface area contributed by atoms with Crippen LogP contribution in [0.4, 0.5) is 0 Å². The Morgan fingerprint density at radius 1 is 1.25 bits per heavy atom. The van der Waals surface area contributed by atoms with Gasteiger partial charge in [-0.15, -0.1) is 0 Å². The molecule has 0 aliphatic rings. The number of hydrogen-bond donors (Lipinski definition) is 1. The second-order valence-corrected chi connectivity index (χ2v) is 4.43. The Morgan fingerprint density at radius 2 is 1.90 bits per heavy atom. The maximum atomic E-state index is 10.5. The molecule has 1 unspecified atom stereocenters. The first kappa shape index (κ1) is 14.4. The minimum atomic E-state index is -0.728. The molecule has 1 aromatic heterocycles. The third kappa shape index (κ3) is 2.77. The van der Waals surface area contributed by atoms with Crippen molar-refractivity contribution in [2.45, 2.75) is 26.0 Å². The number of methoxy groups -OCH3 is 2. The van der Waals surface area contributed by atoms with E-state index in [1.807, 2.05) is 35.9 Å². The fraction of sp³-hybridized carbons (Fsp3) is 0.400. The predicted octanol–water partition coefficient (Wildman–Crippen LogP) is 2.20. The number of aromatic nitrogens is 2. The van der Waals surface area contributed by atoms with Crippen LogP contribution in [0.5, 0.6) is 11.5 Å². The summed E-state index contributed by atoms with van der Waals surface area (Å²) in [4.78, 5) is 4.28. The van der Waals surface area contributed by atoms with Gasteiger partial charge in [0.25, 0.3) is 0 Å². The zero-order valence-electron chi connectivity index (χ0n) is 12.0. The Kier molecular flexibility index (Phi) is 4.63. The molecule has 1 N–H and O–H groups in total. The normalized spacial score (nSPS) is 12.2. The number of rotatable bonds is 6. The number of benzene rings is 1. The summed E-state index contributed by atoms with van der Waals surface area (Å²) in [5.74, 6) is 2.07. The Labute approximate surface area is 118 Å². The molecule has 0 saturated heterocycles. The van der Waals surface area contributed by atoms with Crippen LogP contribution in [0.2, 0.25) is 0 Å². The van der Waals surface area contributed by atoms with E-state index in [4.69, 9.17) is 9.47 Å². The van der Waals surface area contributed by atoms with Crippen LogP contribution in [-0.4, -0.2) is 28.9 Å². The van der Waals surface area contributed by atoms with Crippen LogP contribution in [0.3, 0.4) is 0 Å². The zero-order chi connectivity index (χ0) is 14.5. The molecule has 0 fully saturated rings. The Balaban J connectivity index is 2.31. The fourth-order valence-electron chi connectivity index (χ4n) is 2.30. The van der Waals surface area contributed by atoms with Crippen molar-refractivity contribution in [3.05, 3.63) is 42.0 Å². The highest BCUT2D eigenvalue weighted by atomic mass is 16.5. The van der Waals surface area contributed by atoms with Gasteiger partial charge in [-0.25, -0.2) is 4.98 Å². The van der Waals surface area contributed by atoms with Gasteiger partial charge in [-0.3, -0.25) is 0 Å². The fourth-order valence-corrected chi connectivity index (χ4v) is 2.30. The molecular formula is C15H20N2O3. The summed E-state index contributed by atoms with van der Waals surface area (Å²) in [5.41, 5.74) is 0.656. The van der Waals surface area contributed by atoms with Gasteiger partial charge in [-0.2, -0.15) is 0 Å². The Bertz CT molecular complexity index is 544. The van der Waals surface area contributed by atoms with Gasteiger partial charge in [0.05, 0.1) is 25.9 Å². The first-order valence-electron chi connectivity index (χ1n) is 6.60. The third-order valence-corrected chi connectivity index (χ3v) is 3.32. The summed E-state index contributed by atoms with van der Waals surface area (Å²) in [6.07, 6.45) is 3.33. The van der Waals surface area contributed by atoms with Gasteiger partial charge in [-0.05, 0) is 19.1 Å². The van der Waals surface area contributed by atoms with Crippen LogP contribution in [0.15, 0.2) is 30.6 Å². The van der Waals surface area contributed by atoms with Crippen molar-refractivity contribution in [3.63, 3.8) is 0 Å². The van der Waals surface area contributed by atoms with E-state index in [0.29, 0.717) is 23.5 Å². The number of aliphatic hydroxyl groups is 1.